The summed E-state index contributed by atoms with van der Waals surface area (Å²) < 4.78 is 4.86. The van der Waals surface area contributed by atoms with E-state index in [0.29, 0.717) is 0 Å². The third-order valence-corrected chi connectivity index (χ3v) is 1.12. The Kier molecular flexibility index (Phi) is 3.85. The minimum atomic E-state index is 0.831. The number of hydrogen-bond donors (Lipinski definition) is 0. The molecule has 0 aliphatic rings. The van der Waals surface area contributed by atoms with Crippen molar-refractivity contribution in [3.8, 4) is 0 Å². The van der Waals surface area contributed by atoms with Crippen LogP contribution in [0.25, 0.3) is 0 Å². The first-order valence-electron chi connectivity index (χ1n) is 3.03. The van der Waals surface area contributed by atoms with Gasteiger partial charge in [-0.15, -0.1) is 6.58 Å². The molecule has 1 nitrogen and oxygen atoms in total. The highest BCUT2D eigenvalue weighted by Gasteiger charge is 1.90. The molecular weight excluding hydrogens is 112 g/mol. The molecule has 0 aliphatic heterocycles. The maximum absolute atomic E-state index is 4.86. The molecule has 0 unspecified atom stereocenters. The Morgan fingerprint density at radius 1 is 1.33 bits per heavy atom. The van der Waals surface area contributed by atoms with Gasteiger partial charge in [0.2, 0.25) is 0 Å². The zero-order valence-corrected chi connectivity index (χ0v) is 6.24. The number of ether oxygens (including phenoxy) is 1. The second-order valence-electron chi connectivity index (χ2n) is 2.20. The van der Waals surface area contributed by atoms with Crippen molar-refractivity contribution < 1.29 is 4.74 Å². The summed E-state index contributed by atoms with van der Waals surface area (Å²) in [7, 11) is 1.64. The highest BCUT2D eigenvalue weighted by Crippen LogP contribution is 2.07. The lowest BCUT2D eigenvalue weighted by Gasteiger charge is -2.01. The molecule has 0 bridgehead atoms. The normalized spacial score (nSPS) is 8.67. The van der Waals surface area contributed by atoms with Crippen LogP contribution in [0.2, 0.25) is 0 Å². The van der Waals surface area contributed by atoms with Crippen molar-refractivity contribution >= 4 is 0 Å². The molecule has 0 fully saturated rings. The molecule has 52 valence electrons. The summed E-state index contributed by atoms with van der Waals surface area (Å²) in [6, 6.07) is 0. The molecule has 0 aromatic heterocycles. The van der Waals surface area contributed by atoms with Crippen LogP contribution < -0.4 is 0 Å². The van der Waals surface area contributed by atoms with E-state index in [1.54, 1.807) is 7.11 Å². The van der Waals surface area contributed by atoms with Gasteiger partial charge < -0.3 is 4.74 Å². The summed E-state index contributed by atoms with van der Waals surface area (Å²) in [5.41, 5.74) is 1.17. The Labute approximate surface area is 57.0 Å². The molecule has 0 aromatic carbocycles. The Bertz CT molecular complexity index is 114. The fraction of sp³-hybridized carbons (Fsp3) is 0.500. The van der Waals surface area contributed by atoms with Crippen molar-refractivity contribution in [3.63, 3.8) is 0 Å². The summed E-state index contributed by atoms with van der Waals surface area (Å²) in [5.74, 6) is 0.831. The van der Waals surface area contributed by atoms with Crippen LogP contribution in [0.3, 0.4) is 0 Å². The number of methoxy groups -OCH3 is 1. The zero-order valence-electron chi connectivity index (χ0n) is 6.24. The lowest BCUT2D eigenvalue weighted by molar-refractivity contribution is 0.279. The lowest BCUT2D eigenvalue weighted by atomic mass is 10.2. The molecule has 0 saturated carbocycles. The van der Waals surface area contributed by atoms with E-state index in [1.165, 1.54) is 5.57 Å². The van der Waals surface area contributed by atoms with Crippen LogP contribution in [0.4, 0.5) is 0 Å². The third kappa shape index (κ3) is 5.15. The Hall–Kier alpha value is -0.720. The molecule has 9 heavy (non-hydrogen) atoms. The van der Waals surface area contributed by atoms with E-state index in [9.17, 15) is 0 Å². The highest BCUT2D eigenvalue weighted by atomic mass is 16.5. The topological polar surface area (TPSA) is 9.23 Å². The van der Waals surface area contributed by atoms with Gasteiger partial charge in [0.05, 0.1) is 12.9 Å². The smallest absolute Gasteiger partial charge is 0.0887 e. The van der Waals surface area contributed by atoms with Crippen LogP contribution in [-0.4, -0.2) is 7.11 Å². The van der Waals surface area contributed by atoms with E-state index in [2.05, 4.69) is 13.2 Å². The monoisotopic (exact) mass is 126 g/mol. The summed E-state index contributed by atoms with van der Waals surface area (Å²) in [6.07, 6.45) is 1.87. The zero-order chi connectivity index (χ0) is 7.28. The highest BCUT2D eigenvalue weighted by molar-refractivity contribution is 4.93. The molecule has 0 spiro atoms. The molecule has 0 aromatic rings. The van der Waals surface area contributed by atoms with Crippen LogP contribution in [0, 0.1) is 0 Å². The van der Waals surface area contributed by atoms with E-state index >= 15 is 0 Å². The second kappa shape index (κ2) is 4.19. The first kappa shape index (κ1) is 8.28. The van der Waals surface area contributed by atoms with Crippen LogP contribution in [0.15, 0.2) is 24.5 Å². The van der Waals surface area contributed by atoms with Gasteiger partial charge in [0.1, 0.15) is 0 Å². The summed E-state index contributed by atoms with van der Waals surface area (Å²) >= 11 is 0. The molecule has 0 saturated heterocycles. The molecule has 0 N–H and O–H groups in total. The van der Waals surface area contributed by atoms with Crippen molar-refractivity contribution in [2.45, 2.75) is 19.8 Å². The van der Waals surface area contributed by atoms with Crippen LogP contribution in [0.5, 0.6) is 0 Å². The number of allylic oxidation sites excluding steroid dienone is 2. The van der Waals surface area contributed by atoms with Crippen molar-refractivity contribution in [2.75, 3.05) is 7.11 Å². The molecular formula is C8H14O. The van der Waals surface area contributed by atoms with Gasteiger partial charge in [-0.3, -0.25) is 0 Å². The fourth-order valence-electron chi connectivity index (χ4n) is 0.455. The van der Waals surface area contributed by atoms with Gasteiger partial charge in [-0.1, -0.05) is 12.2 Å². The van der Waals surface area contributed by atoms with Crippen molar-refractivity contribution in [1.82, 2.24) is 0 Å². The molecule has 0 amide bonds. The molecule has 0 radical (unpaired) electrons. The van der Waals surface area contributed by atoms with Gasteiger partial charge in [-0.25, -0.2) is 0 Å². The molecule has 1 heteroatoms. The number of hydrogen-bond acceptors (Lipinski definition) is 1. The standard InChI is InChI=1S/C8H14O/c1-7(2)5-6-8(3)9-4/h1,3,5-6H2,2,4H3. The average Bonchev–Trinajstić information content (AvgIpc) is 1.83. The van der Waals surface area contributed by atoms with Gasteiger partial charge >= 0.3 is 0 Å². The number of rotatable bonds is 4. The maximum Gasteiger partial charge on any atom is 0.0887 e. The van der Waals surface area contributed by atoms with Gasteiger partial charge in [0.15, 0.2) is 0 Å². The molecule has 0 rings (SSSR count). The lowest BCUT2D eigenvalue weighted by Crippen LogP contribution is -1.84. The van der Waals surface area contributed by atoms with Crippen molar-refractivity contribution in [2.24, 2.45) is 0 Å². The maximum atomic E-state index is 4.86. The minimum Gasteiger partial charge on any atom is -0.502 e. The SMILES string of the molecule is C=C(C)CCC(=C)OC. The van der Waals surface area contributed by atoms with E-state index < -0.39 is 0 Å². The predicted octanol–water partition coefficient (Wildman–Crippen LogP) is 2.50. The van der Waals surface area contributed by atoms with E-state index in [-0.39, 0.29) is 0 Å². The Morgan fingerprint density at radius 2 is 1.89 bits per heavy atom. The predicted molar refractivity (Wildman–Crippen MR) is 40.2 cm³/mol. The average molecular weight is 126 g/mol. The largest absolute Gasteiger partial charge is 0.502 e. The first-order valence-corrected chi connectivity index (χ1v) is 3.03. The molecule has 0 atom stereocenters. The summed E-state index contributed by atoms with van der Waals surface area (Å²) in [5, 5.41) is 0. The quantitative estimate of drug-likeness (QED) is 0.415. The van der Waals surface area contributed by atoms with Crippen LogP contribution in [0.1, 0.15) is 19.8 Å². The third-order valence-electron chi connectivity index (χ3n) is 1.12. The summed E-state index contributed by atoms with van der Waals surface area (Å²) in [4.78, 5) is 0. The van der Waals surface area contributed by atoms with Gasteiger partial charge in [0, 0.05) is 6.42 Å². The van der Waals surface area contributed by atoms with E-state index in [4.69, 9.17) is 4.74 Å². The van der Waals surface area contributed by atoms with Crippen molar-refractivity contribution in [1.29, 1.82) is 0 Å². The van der Waals surface area contributed by atoms with Gasteiger partial charge in [-0.05, 0) is 13.3 Å². The van der Waals surface area contributed by atoms with Gasteiger partial charge in [-0.2, -0.15) is 0 Å². The van der Waals surface area contributed by atoms with Crippen LogP contribution in [-0.2, 0) is 4.74 Å². The fourth-order valence-corrected chi connectivity index (χ4v) is 0.455. The molecule has 0 heterocycles. The minimum absolute atomic E-state index is 0.831. The van der Waals surface area contributed by atoms with E-state index in [1.807, 2.05) is 6.92 Å². The van der Waals surface area contributed by atoms with Gasteiger partial charge in [0.25, 0.3) is 0 Å². The molecule has 0 aliphatic carbocycles. The van der Waals surface area contributed by atoms with E-state index in [0.717, 1.165) is 18.6 Å². The first-order chi connectivity index (χ1) is 4.16. The van der Waals surface area contributed by atoms with Crippen LogP contribution >= 0.6 is 0 Å². The summed E-state index contributed by atoms with van der Waals surface area (Å²) in [6.45, 7) is 9.45. The Morgan fingerprint density at radius 3 is 2.22 bits per heavy atom. The second-order valence-corrected chi connectivity index (χ2v) is 2.20. The van der Waals surface area contributed by atoms with Crippen molar-refractivity contribution in [3.05, 3.63) is 24.5 Å². The Balaban J connectivity index is 3.28.